The van der Waals surface area contributed by atoms with Crippen LogP contribution in [0.15, 0.2) is 41.1 Å². The zero-order valence-electron chi connectivity index (χ0n) is 8.35. The number of ether oxygens (including phenoxy) is 1. The maximum atomic E-state index is 5.06. The predicted molar refractivity (Wildman–Crippen MR) is 62.0 cm³/mol. The number of rotatable bonds is 3. The fraction of sp³-hybridized carbons (Fsp3) is 0.182. The summed E-state index contributed by atoms with van der Waals surface area (Å²) in [5.74, 6) is 0.784. The maximum Gasteiger partial charge on any atom is 0.156 e. The predicted octanol–water partition coefficient (Wildman–Crippen LogP) is 2.70. The molecule has 0 aliphatic rings. The monoisotopic (exact) mass is 266 g/mol. The van der Waals surface area contributed by atoms with Crippen LogP contribution in [0.2, 0.25) is 0 Å². The van der Waals surface area contributed by atoms with Crippen LogP contribution in [0.5, 0.6) is 5.75 Å². The summed E-state index contributed by atoms with van der Waals surface area (Å²) >= 11 is 3.40. The second-order valence-electron chi connectivity index (χ2n) is 3.20. The molecule has 0 aliphatic carbocycles. The van der Waals surface area contributed by atoms with Gasteiger partial charge in [0.05, 0.1) is 26.0 Å². The smallest absolute Gasteiger partial charge is 0.156 e. The van der Waals surface area contributed by atoms with E-state index < -0.39 is 0 Å². The Balaban J connectivity index is 2.11. The van der Waals surface area contributed by atoms with Crippen molar-refractivity contribution in [3.63, 3.8) is 0 Å². The van der Waals surface area contributed by atoms with Crippen molar-refractivity contribution >= 4 is 15.9 Å². The van der Waals surface area contributed by atoms with E-state index in [1.807, 2.05) is 23.0 Å². The van der Waals surface area contributed by atoms with E-state index in [0.29, 0.717) is 0 Å². The Hall–Kier alpha value is -1.29. The van der Waals surface area contributed by atoms with Crippen LogP contribution in [0.4, 0.5) is 0 Å². The van der Waals surface area contributed by atoms with E-state index in [9.17, 15) is 0 Å². The normalized spacial score (nSPS) is 10.3. The highest BCUT2D eigenvalue weighted by Gasteiger charge is 1.98. The summed E-state index contributed by atoms with van der Waals surface area (Å²) in [5, 5.41) is 4.18. The Bertz CT molecular complexity index is 436. The molecule has 0 bridgehead atoms. The number of hydrogen-bond donors (Lipinski definition) is 0. The summed E-state index contributed by atoms with van der Waals surface area (Å²) in [4.78, 5) is 0. The van der Waals surface area contributed by atoms with Crippen LogP contribution < -0.4 is 4.74 Å². The number of aromatic nitrogens is 2. The molecule has 3 nitrogen and oxygen atoms in total. The van der Waals surface area contributed by atoms with Gasteiger partial charge in [-0.1, -0.05) is 28.1 Å². The number of benzene rings is 1. The molecule has 1 heterocycles. The third-order valence-electron chi connectivity index (χ3n) is 2.10. The Labute approximate surface area is 96.8 Å². The van der Waals surface area contributed by atoms with Crippen molar-refractivity contribution in [1.82, 2.24) is 9.78 Å². The van der Waals surface area contributed by atoms with Gasteiger partial charge >= 0.3 is 0 Å². The van der Waals surface area contributed by atoms with Gasteiger partial charge in [-0.05, 0) is 17.7 Å². The van der Waals surface area contributed by atoms with Crippen molar-refractivity contribution in [2.75, 3.05) is 7.11 Å². The van der Waals surface area contributed by atoms with Crippen LogP contribution in [0.25, 0.3) is 0 Å². The molecule has 0 N–H and O–H groups in total. The second kappa shape index (κ2) is 4.49. The van der Waals surface area contributed by atoms with Crippen LogP contribution >= 0.6 is 15.9 Å². The molecular weight excluding hydrogens is 256 g/mol. The van der Waals surface area contributed by atoms with Crippen molar-refractivity contribution in [2.24, 2.45) is 0 Å². The summed E-state index contributed by atoms with van der Waals surface area (Å²) < 4.78 is 8.00. The molecule has 0 atom stereocenters. The molecule has 15 heavy (non-hydrogen) atoms. The van der Waals surface area contributed by atoms with Gasteiger partial charge in [0.25, 0.3) is 0 Å². The van der Waals surface area contributed by atoms with Crippen LogP contribution in [0.3, 0.4) is 0 Å². The molecule has 2 rings (SSSR count). The molecular formula is C11H11BrN2O. The highest BCUT2D eigenvalue weighted by molar-refractivity contribution is 9.10. The van der Waals surface area contributed by atoms with Gasteiger partial charge in [-0.2, -0.15) is 5.10 Å². The number of nitrogens with zero attached hydrogens (tertiary/aromatic N) is 2. The average Bonchev–Trinajstić information content (AvgIpc) is 2.69. The minimum absolute atomic E-state index is 0.761. The average molecular weight is 267 g/mol. The van der Waals surface area contributed by atoms with Gasteiger partial charge in [0, 0.05) is 4.47 Å². The molecule has 0 unspecified atom stereocenters. The third kappa shape index (κ3) is 2.59. The Morgan fingerprint density at radius 3 is 2.67 bits per heavy atom. The van der Waals surface area contributed by atoms with Crippen molar-refractivity contribution in [2.45, 2.75) is 6.54 Å². The molecule has 0 aliphatic heterocycles. The quantitative estimate of drug-likeness (QED) is 0.854. The molecule has 0 saturated carbocycles. The first-order valence-electron chi connectivity index (χ1n) is 4.59. The molecule has 2 aromatic rings. The fourth-order valence-corrected chi connectivity index (χ4v) is 1.58. The highest BCUT2D eigenvalue weighted by Crippen LogP contribution is 2.13. The Morgan fingerprint density at radius 2 is 2.07 bits per heavy atom. The molecule has 1 aromatic heterocycles. The molecule has 1 aromatic carbocycles. The molecule has 78 valence electrons. The van der Waals surface area contributed by atoms with Gasteiger partial charge in [0.15, 0.2) is 5.75 Å². The van der Waals surface area contributed by atoms with E-state index in [1.54, 1.807) is 13.3 Å². The highest BCUT2D eigenvalue weighted by atomic mass is 79.9. The topological polar surface area (TPSA) is 27.1 Å². The summed E-state index contributed by atoms with van der Waals surface area (Å²) in [6.45, 7) is 0.761. The van der Waals surface area contributed by atoms with E-state index in [4.69, 9.17) is 4.74 Å². The first-order valence-corrected chi connectivity index (χ1v) is 5.38. The molecule has 0 saturated heterocycles. The molecule has 0 spiro atoms. The van der Waals surface area contributed by atoms with E-state index in [-0.39, 0.29) is 0 Å². The lowest BCUT2D eigenvalue weighted by Crippen LogP contribution is -1.99. The lowest BCUT2D eigenvalue weighted by Gasteiger charge is -2.01. The van der Waals surface area contributed by atoms with E-state index in [1.165, 1.54) is 5.56 Å². The largest absolute Gasteiger partial charge is 0.493 e. The van der Waals surface area contributed by atoms with Crippen LogP contribution in [0.1, 0.15) is 5.56 Å². The summed E-state index contributed by atoms with van der Waals surface area (Å²) in [6.07, 6.45) is 3.58. The summed E-state index contributed by atoms with van der Waals surface area (Å²) in [5.41, 5.74) is 1.21. The lowest BCUT2D eigenvalue weighted by atomic mass is 10.2. The lowest BCUT2D eigenvalue weighted by molar-refractivity contribution is 0.414. The molecule has 4 heteroatoms. The van der Waals surface area contributed by atoms with Gasteiger partial charge in [-0.15, -0.1) is 0 Å². The molecule has 0 fully saturated rings. The van der Waals surface area contributed by atoms with Gasteiger partial charge in [0.2, 0.25) is 0 Å². The first-order chi connectivity index (χ1) is 7.28. The summed E-state index contributed by atoms with van der Waals surface area (Å²) in [7, 11) is 1.64. The van der Waals surface area contributed by atoms with Crippen LogP contribution in [-0.4, -0.2) is 16.9 Å². The van der Waals surface area contributed by atoms with Crippen LogP contribution in [-0.2, 0) is 6.54 Å². The maximum absolute atomic E-state index is 5.06. The van der Waals surface area contributed by atoms with Gasteiger partial charge in [-0.25, -0.2) is 0 Å². The zero-order chi connectivity index (χ0) is 10.7. The third-order valence-corrected chi connectivity index (χ3v) is 2.63. The fourth-order valence-electron chi connectivity index (χ4n) is 1.31. The molecule has 0 amide bonds. The van der Waals surface area contributed by atoms with Crippen molar-refractivity contribution in [3.05, 3.63) is 46.7 Å². The Kier molecular flexibility index (Phi) is 3.06. The van der Waals surface area contributed by atoms with Gasteiger partial charge in [-0.3, -0.25) is 4.68 Å². The van der Waals surface area contributed by atoms with Crippen LogP contribution in [0, 0.1) is 0 Å². The number of halogens is 1. The molecule has 0 radical (unpaired) electrons. The SMILES string of the molecule is COc1cnn(Cc2ccc(Br)cc2)c1. The summed E-state index contributed by atoms with van der Waals surface area (Å²) in [6, 6.07) is 8.18. The minimum atomic E-state index is 0.761. The van der Waals surface area contributed by atoms with E-state index in [0.717, 1.165) is 16.8 Å². The van der Waals surface area contributed by atoms with Crippen molar-refractivity contribution in [1.29, 1.82) is 0 Å². The number of hydrogen-bond acceptors (Lipinski definition) is 2. The second-order valence-corrected chi connectivity index (χ2v) is 4.12. The first kappa shape index (κ1) is 10.2. The van der Waals surface area contributed by atoms with Gasteiger partial charge < -0.3 is 4.74 Å². The Morgan fingerprint density at radius 1 is 1.33 bits per heavy atom. The number of methoxy groups -OCH3 is 1. The van der Waals surface area contributed by atoms with E-state index >= 15 is 0 Å². The minimum Gasteiger partial charge on any atom is -0.493 e. The van der Waals surface area contributed by atoms with Gasteiger partial charge in [0.1, 0.15) is 0 Å². The van der Waals surface area contributed by atoms with Crippen molar-refractivity contribution in [3.8, 4) is 5.75 Å². The van der Waals surface area contributed by atoms with Crippen molar-refractivity contribution < 1.29 is 4.74 Å². The standard InChI is InChI=1S/C11H11BrN2O/c1-15-11-6-13-14(8-11)7-9-2-4-10(12)5-3-9/h2-6,8H,7H2,1H3. The van der Waals surface area contributed by atoms with E-state index in [2.05, 4.69) is 33.2 Å². The zero-order valence-corrected chi connectivity index (χ0v) is 9.94.